The fourth-order valence-corrected chi connectivity index (χ4v) is 4.95. The number of benzene rings is 1. The van der Waals surface area contributed by atoms with E-state index in [4.69, 9.17) is 23.2 Å². The SMILES string of the molecule is CCCC1(O)CN(S(=O)(=O)c2c(Cl)cccc2Cl)C1. The minimum Gasteiger partial charge on any atom is -0.387 e. The summed E-state index contributed by atoms with van der Waals surface area (Å²) in [7, 11) is -3.74. The standard InChI is InChI=1S/C12H15Cl2NO3S/c1-2-6-12(16)7-15(8-12)19(17,18)11-9(13)4-3-5-10(11)14/h3-5,16H,2,6-8H2,1H3. The first kappa shape index (κ1) is 15.1. The first-order valence-corrected chi connectivity index (χ1v) is 8.16. The molecule has 1 fully saturated rings. The zero-order chi connectivity index (χ0) is 14.3. The molecule has 1 aliphatic rings. The maximum atomic E-state index is 12.4. The van der Waals surface area contributed by atoms with E-state index in [-0.39, 0.29) is 28.0 Å². The minimum atomic E-state index is -3.74. The van der Waals surface area contributed by atoms with Gasteiger partial charge in [0.2, 0.25) is 10.0 Å². The van der Waals surface area contributed by atoms with E-state index >= 15 is 0 Å². The molecule has 1 aromatic rings. The molecular formula is C12H15Cl2NO3S. The van der Waals surface area contributed by atoms with Gasteiger partial charge in [0, 0.05) is 13.1 Å². The van der Waals surface area contributed by atoms with Gasteiger partial charge in [0.05, 0.1) is 15.6 Å². The lowest BCUT2D eigenvalue weighted by atomic mass is 9.92. The molecule has 7 heteroatoms. The zero-order valence-corrected chi connectivity index (χ0v) is 12.8. The van der Waals surface area contributed by atoms with Gasteiger partial charge in [0.25, 0.3) is 0 Å². The van der Waals surface area contributed by atoms with Gasteiger partial charge < -0.3 is 5.11 Å². The maximum Gasteiger partial charge on any atom is 0.246 e. The highest BCUT2D eigenvalue weighted by Gasteiger charge is 2.47. The summed E-state index contributed by atoms with van der Waals surface area (Å²) in [4.78, 5) is -0.0862. The van der Waals surface area contributed by atoms with Gasteiger partial charge in [-0.1, -0.05) is 42.6 Å². The molecule has 4 nitrogen and oxygen atoms in total. The van der Waals surface area contributed by atoms with Crippen molar-refractivity contribution in [2.24, 2.45) is 0 Å². The first-order valence-electron chi connectivity index (χ1n) is 5.97. The van der Waals surface area contributed by atoms with Crippen molar-refractivity contribution in [3.8, 4) is 0 Å². The molecule has 0 unspecified atom stereocenters. The molecule has 1 saturated heterocycles. The van der Waals surface area contributed by atoms with Gasteiger partial charge in [-0.3, -0.25) is 0 Å². The second kappa shape index (κ2) is 5.22. The summed E-state index contributed by atoms with van der Waals surface area (Å²) >= 11 is 11.8. The molecule has 0 radical (unpaired) electrons. The van der Waals surface area contributed by atoms with Crippen molar-refractivity contribution in [1.29, 1.82) is 0 Å². The summed E-state index contributed by atoms with van der Waals surface area (Å²) in [6.07, 6.45) is 1.38. The monoisotopic (exact) mass is 323 g/mol. The van der Waals surface area contributed by atoms with Crippen LogP contribution in [0.3, 0.4) is 0 Å². The van der Waals surface area contributed by atoms with E-state index in [1.807, 2.05) is 6.92 Å². The molecule has 1 heterocycles. The Kier molecular flexibility index (Phi) is 4.14. The van der Waals surface area contributed by atoms with Crippen molar-refractivity contribution in [3.05, 3.63) is 28.2 Å². The smallest absolute Gasteiger partial charge is 0.246 e. The Balaban J connectivity index is 2.27. The van der Waals surface area contributed by atoms with Crippen molar-refractivity contribution in [3.63, 3.8) is 0 Å². The van der Waals surface area contributed by atoms with Gasteiger partial charge in [-0.15, -0.1) is 0 Å². The van der Waals surface area contributed by atoms with Crippen molar-refractivity contribution >= 4 is 33.2 Å². The van der Waals surface area contributed by atoms with Crippen LogP contribution in [0.15, 0.2) is 23.1 Å². The van der Waals surface area contributed by atoms with Crippen molar-refractivity contribution in [2.45, 2.75) is 30.3 Å². The Labute approximate surface area is 123 Å². The van der Waals surface area contributed by atoms with Crippen LogP contribution in [0.1, 0.15) is 19.8 Å². The number of hydrogen-bond acceptors (Lipinski definition) is 3. The molecule has 19 heavy (non-hydrogen) atoms. The topological polar surface area (TPSA) is 57.6 Å². The zero-order valence-electron chi connectivity index (χ0n) is 10.4. The van der Waals surface area contributed by atoms with E-state index in [2.05, 4.69) is 0 Å². The molecule has 0 spiro atoms. The fourth-order valence-electron chi connectivity index (χ4n) is 2.26. The predicted octanol–water partition coefficient (Wildman–Crippen LogP) is 2.53. The van der Waals surface area contributed by atoms with E-state index in [1.165, 1.54) is 16.4 Å². The Bertz CT molecular complexity index is 562. The van der Waals surface area contributed by atoms with Crippen molar-refractivity contribution < 1.29 is 13.5 Å². The summed E-state index contributed by atoms with van der Waals surface area (Å²) in [6, 6.07) is 4.56. The lowest BCUT2D eigenvalue weighted by Crippen LogP contribution is -2.63. The van der Waals surface area contributed by atoms with Gasteiger partial charge in [0.1, 0.15) is 4.90 Å². The minimum absolute atomic E-state index is 0.0862. The molecule has 106 valence electrons. The molecule has 1 aromatic carbocycles. The van der Waals surface area contributed by atoms with Crippen molar-refractivity contribution in [1.82, 2.24) is 4.31 Å². The number of aliphatic hydroxyl groups is 1. The number of sulfonamides is 1. The van der Waals surface area contributed by atoms with Crippen LogP contribution in [0.4, 0.5) is 0 Å². The molecule has 1 N–H and O–H groups in total. The van der Waals surface area contributed by atoms with E-state index < -0.39 is 15.6 Å². The number of rotatable bonds is 4. The molecule has 0 aliphatic carbocycles. The maximum absolute atomic E-state index is 12.4. The Morgan fingerprint density at radius 1 is 1.32 bits per heavy atom. The third-order valence-corrected chi connectivity index (χ3v) is 5.92. The lowest BCUT2D eigenvalue weighted by Gasteiger charge is -2.45. The van der Waals surface area contributed by atoms with Gasteiger partial charge in [-0.05, 0) is 18.6 Å². The number of β-amino-alcohol motifs (C(OH)–C–C–N with tert-alkyl or cyclic N) is 1. The second-order valence-corrected chi connectivity index (χ2v) is 7.49. The van der Waals surface area contributed by atoms with Gasteiger partial charge in [-0.25, -0.2) is 8.42 Å². The largest absolute Gasteiger partial charge is 0.387 e. The van der Waals surface area contributed by atoms with E-state index in [0.29, 0.717) is 6.42 Å². The molecule has 0 saturated carbocycles. The molecule has 2 rings (SSSR count). The van der Waals surface area contributed by atoms with Crippen LogP contribution in [-0.2, 0) is 10.0 Å². The molecule has 0 bridgehead atoms. The van der Waals surface area contributed by atoms with Crippen LogP contribution in [0.2, 0.25) is 10.0 Å². The quantitative estimate of drug-likeness (QED) is 0.926. The highest BCUT2D eigenvalue weighted by atomic mass is 35.5. The van der Waals surface area contributed by atoms with Crippen LogP contribution in [0.25, 0.3) is 0 Å². The van der Waals surface area contributed by atoms with Crippen LogP contribution < -0.4 is 0 Å². The summed E-state index contributed by atoms with van der Waals surface area (Å²) in [5.74, 6) is 0. The molecule has 1 aliphatic heterocycles. The van der Waals surface area contributed by atoms with Crippen LogP contribution in [-0.4, -0.2) is 36.5 Å². The molecule has 0 atom stereocenters. The second-order valence-electron chi connectivity index (χ2n) is 4.80. The summed E-state index contributed by atoms with van der Waals surface area (Å²) < 4.78 is 26.0. The molecule has 0 amide bonds. The first-order chi connectivity index (χ1) is 8.80. The molecule has 0 aromatic heterocycles. The Morgan fingerprint density at radius 2 is 1.84 bits per heavy atom. The Hall–Kier alpha value is -0.330. The van der Waals surface area contributed by atoms with Crippen LogP contribution in [0, 0.1) is 0 Å². The molecular weight excluding hydrogens is 309 g/mol. The van der Waals surface area contributed by atoms with E-state index in [1.54, 1.807) is 6.07 Å². The summed E-state index contributed by atoms with van der Waals surface area (Å²) in [6.45, 7) is 2.12. The average Bonchev–Trinajstić information content (AvgIpc) is 2.25. The fraction of sp³-hybridized carbons (Fsp3) is 0.500. The highest BCUT2D eigenvalue weighted by molar-refractivity contribution is 7.89. The van der Waals surface area contributed by atoms with Gasteiger partial charge in [0.15, 0.2) is 0 Å². The van der Waals surface area contributed by atoms with Crippen LogP contribution >= 0.6 is 23.2 Å². The number of hydrogen-bond donors (Lipinski definition) is 1. The lowest BCUT2D eigenvalue weighted by molar-refractivity contribution is -0.0653. The van der Waals surface area contributed by atoms with E-state index in [0.717, 1.165) is 6.42 Å². The van der Waals surface area contributed by atoms with E-state index in [9.17, 15) is 13.5 Å². The number of nitrogens with zero attached hydrogens (tertiary/aromatic N) is 1. The average molecular weight is 324 g/mol. The van der Waals surface area contributed by atoms with Crippen molar-refractivity contribution in [2.75, 3.05) is 13.1 Å². The number of halogens is 2. The highest BCUT2D eigenvalue weighted by Crippen LogP contribution is 2.36. The third kappa shape index (κ3) is 2.76. The normalized spacial score (nSPS) is 19.2. The summed E-state index contributed by atoms with van der Waals surface area (Å²) in [5, 5.41) is 10.2. The third-order valence-electron chi connectivity index (χ3n) is 3.17. The summed E-state index contributed by atoms with van der Waals surface area (Å²) in [5.41, 5.74) is -0.921. The van der Waals surface area contributed by atoms with Crippen LogP contribution in [0.5, 0.6) is 0 Å². The Morgan fingerprint density at radius 3 is 2.32 bits per heavy atom. The predicted molar refractivity (Wildman–Crippen MR) is 75.1 cm³/mol. The van der Waals surface area contributed by atoms with Gasteiger partial charge >= 0.3 is 0 Å². The van der Waals surface area contributed by atoms with Gasteiger partial charge in [-0.2, -0.15) is 4.31 Å².